The monoisotopic (exact) mass is 437 g/mol. The summed E-state index contributed by atoms with van der Waals surface area (Å²) in [5, 5.41) is 3.29. The van der Waals surface area contributed by atoms with Crippen molar-refractivity contribution in [3.63, 3.8) is 0 Å². The zero-order valence-electron chi connectivity index (χ0n) is 13.9. The van der Waals surface area contributed by atoms with E-state index in [1.165, 1.54) is 23.1 Å². The Hall–Kier alpha value is -0.910. The maximum atomic E-state index is 11.8. The molecule has 2 fully saturated rings. The molecule has 0 bridgehead atoms. The Labute approximate surface area is 157 Å². The second-order valence-corrected chi connectivity index (χ2v) is 8.96. The number of carbonyl (C=O) groups excluding carboxylic acids is 2. The summed E-state index contributed by atoms with van der Waals surface area (Å²) in [5.41, 5.74) is 4.30. The Morgan fingerprint density at radius 1 is 1.17 bits per heavy atom. The van der Waals surface area contributed by atoms with Crippen molar-refractivity contribution >= 4 is 32.3 Å². The maximum absolute atomic E-state index is 11.8. The van der Waals surface area contributed by atoms with Gasteiger partial charge in [-0.1, -0.05) is 18.2 Å². The van der Waals surface area contributed by atoms with Gasteiger partial charge in [-0.2, -0.15) is 0 Å². The van der Waals surface area contributed by atoms with Crippen LogP contribution >= 0.6 is 22.6 Å². The van der Waals surface area contributed by atoms with Gasteiger partial charge in [0.05, 0.1) is 0 Å². The minimum atomic E-state index is 0.0641. The van der Waals surface area contributed by atoms with Crippen LogP contribution in [0.1, 0.15) is 67.6 Å². The van der Waals surface area contributed by atoms with Crippen molar-refractivity contribution in [3.8, 4) is 0 Å². The highest BCUT2D eigenvalue weighted by Crippen LogP contribution is 2.45. The number of hydrogen-bond donors (Lipinski definition) is 1. The van der Waals surface area contributed by atoms with Crippen molar-refractivity contribution < 1.29 is 9.59 Å². The van der Waals surface area contributed by atoms with Gasteiger partial charge < -0.3 is 5.32 Å². The molecule has 4 heteroatoms. The van der Waals surface area contributed by atoms with Crippen molar-refractivity contribution in [2.24, 2.45) is 5.92 Å². The minimum absolute atomic E-state index is 0.0641. The summed E-state index contributed by atoms with van der Waals surface area (Å²) in [4.78, 5) is 23.4. The third kappa shape index (κ3) is 3.14. The van der Waals surface area contributed by atoms with Gasteiger partial charge >= 0.3 is 0 Å². The van der Waals surface area contributed by atoms with Crippen LogP contribution in [0.15, 0.2) is 18.2 Å². The van der Waals surface area contributed by atoms with Gasteiger partial charge in [0.15, 0.2) is 3.79 Å². The second kappa shape index (κ2) is 6.43. The first-order chi connectivity index (χ1) is 11.5. The summed E-state index contributed by atoms with van der Waals surface area (Å²) in [6.07, 6.45) is 9.17. The number of halogens is 1. The van der Waals surface area contributed by atoms with Crippen LogP contribution in [0.2, 0.25) is 0 Å². The van der Waals surface area contributed by atoms with Crippen LogP contribution in [-0.2, 0) is 22.4 Å². The number of aryl methyl sites for hydroxylation is 1. The van der Waals surface area contributed by atoms with Crippen molar-refractivity contribution in [3.05, 3.63) is 34.9 Å². The number of amides is 1. The fourth-order valence-corrected chi connectivity index (χ4v) is 5.51. The predicted molar refractivity (Wildman–Crippen MR) is 102 cm³/mol. The Morgan fingerprint density at radius 2 is 2.04 bits per heavy atom. The van der Waals surface area contributed by atoms with Crippen molar-refractivity contribution in [1.82, 2.24) is 5.32 Å². The van der Waals surface area contributed by atoms with Crippen molar-refractivity contribution in [1.29, 1.82) is 0 Å². The molecule has 0 radical (unpaired) electrons. The molecular formula is C20H24INO2. The summed E-state index contributed by atoms with van der Waals surface area (Å²) in [7, 11) is 0. The molecule has 1 saturated carbocycles. The van der Waals surface area contributed by atoms with Crippen LogP contribution in [0.5, 0.6) is 0 Å². The van der Waals surface area contributed by atoms with Crippen LogP contribution in [0, 0.1) is 5.92 Å². The van der Waals surface area contributed by atoms with E-state index in [-0.39, 0.29) is 17.4 Å². The minimum Gasteiger partial charge on any atom is -0.351 e. The molecule has 3 nitrogen and oxygen atoms in total. The Morgan fingerprint density at radius 3 is 2.83 bits per heavy atom. The van der Waals surface area contributed by atoms with E-state index >= 15 is 0 Å². The average Bonchev–Trinajstić information content (AvgIpc) is 2.97. The Bertz CT molecular complexity index is 686. The smallest absolute Gasteiger partial charge is 0.220 e. The van der Waals surface area contributed by atoms with Gasteiger partial charge in [0.25, 0.3) is 0 Å². The molecular weight excluding hydrogens is 413 g/mol. The predicted octanol–water partition coefficient (Wildman–Crippen LogP) is 4.06. The SMILES string of the molecule is O=C1CCC[C@]2(CC[C@H](c3ccc4c(c3)CC[C@@H](C(=O)I)C4)C2)N1. The van der Waals surface area contributed by atoms with Crippen LogP contribution in [0.25, 0.3) is 0 Å². The number of benzene rings is 1. The Kier molecular flexibility index (Phi) is 4.43. The second-order valence-electron chi connectivity index (χ2n) is 7.89. The largest absolute Gasteiger partial charge is 0.351 e. The standard InChI is InChI=1S/C20H24INO2/c21-19(24)16-6-5-13-10-15(4-3-14(13)11-16)17-7-9-20(12-17)8-1-2-18(23)22-20/h3-4,10,16-17H,1-2,5-9,11-12H2,(H,22,23)/t16-,17+,20-/m1/s1. The lowest BCUT2D eigenvalue weighted by atomic mass is 9.81. The molecule has 1 saturated heterocycles. The summed E-state index contributed by atoms with van der Waals surface area (Å²) in [5.74, 6) is 1.01. The molecule has 1 aromatic carbocycles. The van der Waals surface area contributed by atoms with E-state index in [0.29, 0.717) is 16.1 Å². The van der Waals surface area contributed by atoms with Crippen molar-refractivity contribution in [2.75, 3.05) is 0 Å². The highest BCUT2D eigenvalue weighted by molar-refractivity contribution is 14.1. The van der Waals surface area contributed by atoms with E-state index in [1.807, 2.05) is 22.6 Å². The summed E-state index contributed by atoms with van der Waals surface area (Å²) >= 11 is 1.95. The van der Waals surface area contributed by atoms with Crippen molar-refractivity contribution in [2.45, 2.75) is 69.2 Å². The van der Waals surface area contributed by atoms with Crippen LogP contribution in [-0.4, -0.2) is 15.2 Å². The molecule has 1 amide bonds. The van der Waals surface area contributed by atoms with E-state index in [1.54, 1.807) is 0 Å². The summed E-state index contributed by atoms with van der Waals surface area (Å²) in [6.45, 7) is 0. The third-order valence-corrected chi connectivity index (χ3v) is 7.20. The zero-order valence-corrected chi connectivity index (χ0v) is 16.1. The highest BCUT2D eigenvalue weighted by Gasteiger charge is 2.42. The number of carbonyl (C=O) groups is 2. The number of nitrogens with one attached hydrogen (secondary N) is 1. The summed E-state index contributed by atoms with van der Waals surface area (Å²) in [6, 6.07) is 6.91. The van der Waals surface area contributed by atoms with Gasteiger partial charge in [-0.25, -0.2) is 0 Å². The lowest BCUT2D eigenvalue weighted by Crippen LogP contribution is -2.49. The number of piperidine rings is 1. The molecule has 3 aliphatic rings. The molecule has 0 aromatic heterocycles. The maximum Gasteiger partial charge on any atom is 0.220 e. The van der Waals surface area contributed by atoms with Crippen LogP contribution in [0.3, 0.4) is 0 Å². The van der Waals surface area contributed by atoms with E-state index in [4.69, 9.17) is 0 Å². The van der Waals surface area contributed by atoms with Crippen LogP contribution < -0.4 is 5.32 Å². The molecule has 1 heterocycles. The first-order valence-corrected chi connectivity index (χ1v) is 10.2. The number of hydrogen-bond acceptors (Lipinski definition) is 2. The normalized spacial score (nSPS) is 32.5. The molecule has 1 N–H and O–H groups in total. The van der Waals surface area contributed by atoms with Gasteiger partial charge in [0.1, 0.15) is 0 Å². The van der Waals surface area contributed by atoms with Gasteiger partial charge in [0, 0.05) is 17.9 Å². The van der Waals surface area contributed by atoms with Crippen LogP contribution in [0.4, 0.5) is 0 Å². The molecule has 128 valence electrons. The highest BCUT2D eigenvalue weighted by atomic mass is 127. The fourth-order valence-electron chi connectivity index (χ4n) is 4.98. The first-order valence-electron chi connectivity index (χ1n) is 9.17. The van der Waals surface area contributed by atoms with E-state index in [9.17, 15) is 9.59 Å². The molecule has 3 atom stereocenters. The molecule has 4 rings (SSSR count). The average molecular weight is 437 g/mol. The fraction of sp³-hybridized carbons (Fsp3) is 0.600. The Balaban J connectivity index is 1.50. The van der Waals surface area contributed by atoms with Gasteiger partial charge in [0.2, 0.25) is 5.91 Å². The van der Waals surface area contributed by atoms with Gasteiger partial charge in [-0.05, 0) is 96.6 Å². The molecule has 1 aromatic rings. The molecule has 1 spiro atoms. The number of rotatable bonds is 2. The van der Waals surface area contributed by atoms with Gasteiger partial charge in [-0.3, -0.25) is 9.59 Å². The molecule has 2 aliphatic carbocycles. The molecule has 24 heavy (non-hydrogen) atoms. The summed E-state index contributed by atoms with van der Waals surface area (Å²) < 4.78 is 0.299. The number of fused-ring (bicyclic) bond motifs is 1. The topological polar surface area (TPSA) is 46.2 Å². The van der Waals surface area contributed by atoms with Gasteiger partial charge in [-0.15, -0.1) is 0 Å². The quantitative estimate of drug-likeness (QED) is 0.561. The lowest BCUT2D eigenvalue weighted by molar-refractivity contribution is -0.125. The molecule has 0 unspecified atom stereocenters. The van der Waals surface area contributed by atoms with E-state index in [2.05, 4.69) is 23.5 Å². The van der Waals surface area contributed by atoms with E-state index < -0.39 is 0 Å². The third-order valence-electron chi connectivity index (χ3n) is 6.32. The first kappa shape index (κ1) is 16.6. The lowest BCUT2D eigenvalue weighted by Gasteiger charge is -2.34. The molecule has 1 aliphatic heterocycles. The zero-order chi connectivity index (χ0) is 16.7. The van der Waals surface area contributed by atoms with E-state index in [0.717, 1.165) is 44.9 Å².